The Morgan fingerprint density at radius 1 is 1.08 bits per heavy atom. The van der Waals surface area contributed by atoms with E-state index in [1.807, 2.05) is 6.07 Å². The molecule has 1 atom stereocenters. The van der Waals surface area contributed by atoms with Gasteiger partial charge in [0.1, 0.15) is 5.75 Å². The van der Waals surface area contributed by atoms with Crippen molar-refractivity contribution in [3.8, 4) is 17.2 Å². The third-order valence-electron chi connectivity index (χ3n) is 4.00. The molecule has 1 aromatic carbocycles. The predicted molar refractivity (Wildman–Crippen MR) is 96.0 cm³/mol. The van der Waals surface area contributed by atoms with Gasteiger partial charge in [-0.25, -0.2) is 0 Å². The molecule has 0 spiro atoms. The Labute approximate surface area is 150 Å². The van der Waals surface area contributed by atoms with Crippen LogP contribution in [-0.4, -0.2) is 31.4 Å². The molecule has 25 heavy (non-hydrogen) atoms. The van der Waals surface area contributed by atoms with Crippen molar-refractivity contribution in [1.29, 1.82) is 0 Å². The highest BCUT2D eigenvalue weighted by Gasteiger charge is 2.37. The molecule has 3 rings (SSSR count). The minimum Gasteiger partial charge on any atom is -0.493 e. The average Bonchev–Trinajstić information content (AvgIpc) is 2.63. The molecular formula is C18H19ClN2O4. The van der Waals surface area contributed by atoms with Gasteiger partial charge in [-0.3, -0.25) is 4.98 Å². The van der Waals surface area contributed by atoms with Crippen LogP contribution in [0.5, 0.6) is 17.2 Å². The van der Waals surface area contributed by atoms with Crippen LogP contribution in [0, 0.1) is 0 Å². The second-order valence-electron chi connectivity index (χ2n) is 5.52. The lowest BCUT2D eigenvalue weighted by Gasteiger charge is -2.30. The van der Waals surface area contributed by atoms with Gasteiger partial charge in [0.25, 0.3) is 0 Å². The molecule has 0 radical (unpaired) electrons. The van der Waals surface area contributed by atoms with Gasteiger partial charge in [0, 0.05) is 36.9 Å². The number of hydrogen-bond donors (Lipinski definition) is 1. The number of rotatable bonds is 5. The van der Waals surface area contributed by atoms with E-state index in [4.69, 9.17) is 36.3 Å². The molecule has 1 unspecified atom stereocenters. The van der Waals surface area contributed by atoms with Crippen LogP contribution in [0.25, 0.3) is 10.9 Å². The van der Waals surface area contributed by atoms with E-state index < -0.39 is 5.06 Å². The first-order valence-corrected chi connectivity index (χ1v) is 7.98. The molecule has 0 amide bonds. The number of nitrogens with zero attached hydrogens (tertiary/aromatic N) is 1. The zero-order valence-electron chi connectivity index (χ0n) is 14.2. The van der Waals surface area contributed by atoms with Crippen LogP contribution >= 0.6 is 11.6 Å². The number of aromatic nitrogens is 1. The van der Waals surface area contributed by atoms with Gasteiger partial charge in [0.05, 0.1) is 19.7 Å². The van der Waals surface area contributed by atoms with Gasteiger partial charge in [-0.05, 0) is 24.3 Å². The lowest BCUT2D eigenvalue weighted by Crippen LogP contribution is -2.33. The van der Waals surface area contributed by atoms with Crippen molar-refractivity contribution in [2.45, 2.75) is 11.5 Å². The Bertz CT molecular complexity index is 866. The molecule has 6 nitrogen and oxygen atoms in total. The van der Waals surface area contributed by atoms with E-state index in [1.54, 1.807) is 44.7 Å². The molecule has 2 N–H and O–H groups in total. The van der Waals surface area contributed by atoms with Gasteiger partial charge >= 0.3 is 0 Å². The number of nitrogens with two attached hydrogens (primary N) is 1. The molecule has 1 aromatic heterocycles. The fourth-order valence-corrected chi connectivity index (χ4v) is 2.91. The summed E-state index contributed by atoms with van der Waals surface area (Å²) in [7, 11) is 4.67. The Morgan fingerprint density at radius 2 is 1.80 bits per heavy atom. The molecule has 0 saturated heterocycles. The van der Waals surface area contributed by atoms with Gasteiger partial charge in [-0.2, -0.15) is 0 Å². The first-order valence-electron chi connectivity index (χ1n) is 7.60. The molecule has 132 valence electrons. The summed E-state index contributed by atoms with van der Waals surface area (Å²) in [5, 5.41) is -0.385. The number of fused-ring (bicyclic) bond motifs is 1. The first kappa shape index (κ1) is 17.4. The number of halogens is 1. The number of ether oxygens (including phenoxy) is 4. The van der Waals surface area contributed by atoms with Crippen molar-refractivity contribution < 1.29 is 18.9 Å². The summed E-state index contributed by atoms with van der Waals surface area (Å²) >= 11 is 6.53. The maximum absolute atomic E-state index is 6.53. The fourth-order valence-electron chi connectivity index (χ4n) is 2.65. The van der Waals surface area contributed by atoms with Crippen LogP contribution in [0.15, 0.2) is 48.0 Å². The summed E-state index contributed by atoms with van der Waals surface area (Å²) in [6.45, 7) is 0. The van der Waals surface area contributed by atoms with Gasteiger partial charge in [-0.15, -0.1) is 0 Å². The molecule has 0 aliphatic heterocycles. The molecule has 2 aromatic rings. The standard InChI is InChI=1S/C18H19ClN2O4/c1-22-15-8-12-13(9-16(15)23-2)21-7-6-14(12)25-17-5-4-11(20)10-18(17,19)24-3/h4-9H,10,20H2,1-3H3. The third-order valence-corrected chi connectivity index (χ3v) is 4.47. The number of alkyl halides is 1. The van der Waals surface area contributed by atoms with E-state index in [9.17, 15) is 0 Å². The fraction of sp³-hybridized carbons (Fsp3) is 0.278. The average molecular weight is 363 g/mol. The molecule has 0 bridgehead atoms. The van der Waals surface area contributed by atoms with Crippen LogP contribution in [0.1, 0.15) is 6.42 Å². The SMILES string of the molecule is COc1cc2nccc(OC3=CC=C(N)CC3(Cl)OC)c2cc1OC. The van der Waals surface area contributed by atoms with E-state index >= 15 is 0 Å². The summed E-state index contributed by atoms with van der Waals surface area (Å²) in [6, 6.07) is 5.36. The van der Waals surface area contributed by atoms with Crippen LogP contribution in [0.3, 0.4) is 0 Å². The summed E-state index contributed by atoms with van der Waals surface area (Å²) in [5.74, 6) is 2.20. The number of methoxy groups -OCH3 is 3. The second-order valence-corrected chi connectivity index (χ2v) is 6.13. The highest BCUT2D eigenvalue weighted by Crippen LogP contribution is 2.40. The maximum atomic E-state index is 6.53. The first-order chi connectivity index (χ1) is 12.0. The summed E-state index contributed by atoms with van der Waals surface area (Å²) in [5.41, 5.74) is 7.19. The van der Waals surface area contributed by atoms with Gasteiger partial charge in [0.2, 0.25) is 5.06 Å². The number of hydrogen-bond acceptors (Lipinski definition) is 6. The van der Waals surface area contributed by atoms with Crippen molar-refractivity contribution in [2.75, 3.05) is 21.3 Å². The van der Waals surface area contributed by atoms with E-state index in [2.05, 4.69) is 4.98 Å². The van der Waals surface area contributed by atoms with Crippen LogP contribution in [0.2, 0.25) is 0 Å². The number of benzene rings is 1. The Morgan fingerprint density at radius 3 is 2.48 bits per heavy atom. The second kappa shape index (κ2) is 6.82. The molecule has 1 aliphatic carbocycles. The van der Waals surface area contributed by atoms with Crippen molar-refractivity contribution in [2.24, 2.45) is 5.73 Å². The summed E-state index contributed by atoms with van der Waals surface area (Å²) in [6.07, 6.45) is 5.45. The van der Waals surface area contributed by atoms with E-state index in [-0.39, 0.29) is 0 Å². The zero-order valence-corrected chi connectivity index (χ0v) is 15.0. The number of pyridine rings is 1. The summed E-state index contributed by atoms with van der Waals surface area (Å²) < 4.78 is 22.2. The quantitative estimate of drug-likeness (QED) is 0.822. The maximum Gasteiger partial charge on any atom is 0.204 e. The van der Waals surface area contributed by atoms with Gasteiger partial charge in [0.15, 0.2) is 17.3 Å². The predicted octanol–water partition coefficient (Wildman–Crippen LogP) is 3.34. The van der Waals surface area contributed by atoms with Gasteiger partial charge < -0.3 is 24.7 Å². The van der Waals surface area contributed by atoms with Crippen molar-refractivity contribution in [1.82, 2.24) is 4.98 Å². The van der Waals surface area contributed by atoms with Gasteiger partial charge in [-0.1, -0.05) is 11.6 Å². The van der Waals surface area contributed by atoms with Crippen molar-refractivity contribution in [3.05, 3.63) is 48.0 Å². The largest absolute Gasteiger partial charge is 0.493 e. The molecular weight excluding hydrogens is 344 g/mol. The van der Waals surface area contributed by atoms with E-state index in [0.29, 0.717) is 40.6 Å². The van der Waals surface area contributed by atoms with E-state index in [0.717, 1.165) is 5.39 Å². The van der Waals surface area contributed by atoms with Crippen LogP contribution < -0.4 is 19.9 Å². The zero-order chi connectivity index (χ0) is 18.0. The molecule has 1 aliphatic rings. The lowest BCUT2D eigenvalue weighted by atomic mass is 10.1. The smallest absolute Gasteiger partial charge is 0.204 e. The monoisotopic (exact) mass is 362 g/mol. The molecule has 0 saturated carbocycles. The topological polar surface area (TPSA) is 75.8 Å². The van der Waals surface area contributed by atoms with E-state index in [1.165, 1.54) is 7.11 Å². The van der Waals surface area contributed by atoms with Crippen LogP contribution in [0.4, 0.5) is 0 Å². The van der Waals surface area contributed by atoms with Crippen molar-refractivity contribution >= 4 is 22.5 Å². The summed E-state index contributed by atoms with van der Waals surface area (Å²) in [4.78, 5) is 4.36. The molecule has 1 heterocycles. The minimum absolute atomic E-state index is 0.330. The number of allylic oxidation sites excluding steroid dienone is 2. The van der Waals surface area contributed by atoms with Crippen molar-refractivity contribution in [3.63, 3.8) is 0 Å². The normalized spacial score (nSPS) is 20.0. The Hall–Kier alpha value is -2.44. The lowest BCUT2D eigenvalue weighted by molar-refractivity contribution is 0.0616. The Balaban J connectivity index is 2.07. The highest BCUT2D eigenvalue weighted by molar-refractivity contribution is 6.25. The molecule has 0 fully saturated rings. The highest BCUT2D eigenvalue weighted by atomic mass is 35.5. The third kappa shape index (κ3) is 3.23. The minimum atomic E-state index is -1.15. The Kier molecular flexibility index (Phi) is 4.74. The molecule has 7 heteroatoms. The van der Waals surface area contributed by atoms with Crippen LogP contribution in [-0.2, 0) is 4.74 Å².